The van der Waals surface area contributed by atoms with E-state index in [1.54, 1.807) is 0 Å². The molecule has 0 saturated heterocycles. The molecule has 0 aromatic heterocycles. The summed E-state index contributed by atoms with van der Waals surface area (Å²) in [5, 5.41) is 10.9. The Morgan fingerprint density at radius 2 is 1.65 bits per heavy atom. The van der Waals surface area contributed by atoms with Gasteiger partial charge in [-0.1, -0.05) is 71.7 Å². The topological polar surface area (TPSA) is 24.8 Å². The Kier molecular flexibility index (Phi) is 4.41. The monoisotopic (exact) mass is 444 g/mol. The highest BCUT2D eigenvalue weighted by Crippen LogP contribution is 2.48. The van der Waals surface area contributed by atoms with Crippen molar-refractivity contribution in [3.8, 4) is 5.75 Å². The Morgan fingerprint density at radius 1 is 0.806 bits per heavy atom. The number of nitrogens with zero attached hydrogens (tertiary/aromatic N) is 2. The number of benzene rings is 4. The molecule has 0 aliphatic carbocycles. The lowest BCUT2D eigenvalue weighted by atomic mass is 9.95. The Balaban J connectivity index is 1.46. The summed E-state index contributed by atoms with van der Waals surface area (Å²) in [4.78, 5) is 0. The number of hydrogen-bond acceptors (Lipinski definition) is 3. The third-order valence-electron chi connectivity index (χ3n) is 5.97. The van der Waals surface area contributed by atoms with Gasteiger partial charge < -0.3 is 4.74 Å². The second-order valence-electron chi connectivity index (χ2n) is 7.92. The third kappa shape index (κ3) is 3.25. The van der Waals surface area contributed by atoms with Gasteiger partial charge in [-0.05, 0) is 52.7 Å². The number of fused-ring (bicyclic) bond motifs is 4. The number of halogens is 2. The van der Waals surface area contributed by atoms with Crippen molar-refractivity contribution < 1.29 is 4.74 Å². The molecule has 0 radical (unpaired) electrons. The molecule has 4 aromatic rings. The van der Waals surface area contributed by atoms with E-state index in [0.29, 0.717) is 10.0 Å². The van der Waals surface area contributed by atoms with Crippen molar-refractivity contribution in [2.75, 3.05) is 0 Å². The average Bonchev–Trinajstić information content (AvgIpc) is 3.24. The predicted molar refractivity (Wildman–Crippen MR) is 126 cm³/mol. The first-order valence-corrected chi connectivity index (χ1v) is 11.0. The van der Waals surface area contributed by atoms with Crippen molar-refractivity contribution in [2.45, 2.75) is 18.7 Å². The summed E-state index contributed by atoms with van der Waals surface area (Å²) in [6.45, 7) is 0. The Labute approximate surface area is 190 Å². The van der Waals surface area contributed by atoms with Crippen LogP contribution >= 0.6 is 23.2 Å². The summed E-state index contributed by atoms with van der Waals surface area (Å²) in [6, 6.07) is 28.5. The van der Waals surface area contributed by atoms with E-state index in [0.717, 1.165) is 34.6 Å². The number of hydrazone groups is 1. The lowest BCUT2D eigenvalue weighted by Gasteiger charge is -2.38. The van der Waals surface area contributed by atoms with Crippen LogP contribution in [0.3, 0.4) is 0 Å². The third-order valence-corrected chi connectivity index (χ3v) is 6.44. The largest absolute Gasteiger partial charge is 0.464 e. The summed E-state index contributed by atoms with van der Waals surface area (Å²) < 4.78 is 6.40. The minimum absolute atomic E-state index is 0.0490. The van der Waals surface area contributed by atoms with Gasteiger partial charge in [0.1, 0.15) is 5.75 Å². The van der Waals surface area contributed by atoms with Crippen molar-refractivity contribution >= 4 is 39.7 Å². The van der Waals surface area contributed by atoms with Gasteiger partial charge in [0.15, 0.2) is 0 Å². The fourth-order valence-electron chi connectivity index (χ4n) is 4.48. The summed E-state index contributed by atoms with van der Waals surface area (Å²) in [6.07, 6.45) is 0.432. The molecule has 2 aliphatic rings. The van der Waals surface area contributed by atoms with Gasteiger partial charge >= 0.3 is 0 Å². The van der Waals surface area contributed by atoms with Gasteiger partial charge in [0.25, 0.3) is 0 Å². The lowest BCUT2D eigenvalue weighted by Crippen LogP contribution is -2.33. The van der Waals surface area contributed by atoms with Crippen LogP contribution in [0.25, 0.3) is 10.8 Å². The highest BCUT2D eigenvalue weighted by Gasteiger charge is 2.41. The zero-order valence-corrected chi connectivity index (χ0v) is 18.0. The van der Waals surface area contributed by atoms with Gasteiger partial charge in [-0.25, -0.2) is 5.01 Å². The maximum atomic E-state index is 6.40. The zero-order valence-electron chi connectivity index (χ0n) is 16.5. The molecule has 3 nitrogen and oxygen atoms in total. The van der Waals surface area contributed by atoms with E-state index in [1.165, 1.54) is 10.8 Å². The van der Waals surface area contributed by atoms with Crippen LogP contribution < -0.4 is 4.74 Å². The maximum Gasteiger partial charge on any atom is 0.213 e. The van der Waals surface area contributed by atoms with Gasteiger partial charge in [-0.15, -0.1) is 0 Å². The minimum atomic E-state index is -0.352. The van der Waals surface area contributed by atoms with Gasteiger partial charge in [-0.2, -0.15) is 5.10 Å². The second kappa shape index (κ2) is 7.30. The molecule has 0 N–H and O–H groups in total. The summed E-state index contributed by atoms with van der Waals surface area (Å²) in [7, 11) is 0. The number of hydrogen-bond donors (Lipinski definition) is 0. The Morgan fingerprint density at radius 3 is 2.52 bits per heavy atom. The van der Waals surface area contributed by atoms with Crippen molar-refractivity contribution in [3.05, 3.63) is 112 Å². The fourth-order valence-corrected chi connectivity index (χ4v) is 4.86. The van der Waals surface area contributed by atoms with Crippen molar-refractivity contribution in [2.24, 2.45) is 5.10 Å². The number of ether oxygens (including phenoxy) is 1. The maximum absolute atomic E-state index is 6.40. The van der Waals surface area contributed by atoms with E-state index in [4.69, 9.17) is 33.0 Å². The van der Waals surface area contributed by atoms with Crippen LogP contribution in [0.15, 0.2) is 90.0 Å². The predicted octanol–water partition coefficient (Wildman–Crippen LogP) is 7.39. The van der Waals surface area contributed by atoms with Crippen LogP contribution in [0.2, 0.25) is 10.0 Å². The van der Waals surface area contributed by atoms with E-state index in [1.807, 2.05) is 42.5 Å². The van der Waals surface area contributed by atoms with Gasteiger partial charge in [0, 0.05) is 27.6 Å². The molecule has 5 heteroatoms. The van der Waals surface area contributed by atoms with Crippen molar-refractivity contribution in [1.82, 2.24) is 5.01 Å². The van der Waals surface area contributed by atoms with Crippen LogP contribution in [0, 0.1) is 0 Å². The highest BCUT2D eigenvalue weighted by molar-refractivity contribution is 6.31. The quantitative estimate of drug-likeness (QED) is 0.321. The molecule has 152 valence electrons. The van der Waals surface area contributed by atoms with Crippen molar-refractivity contribution in [3.63, 3.8) is 0 Å². The molecule has 0 spiro atoms. The van der Waals surface area contributed by atoms with Crippen LogP contribution in [-0.4, -0.2) is 10.7 Å². The second-order valence-corrected chi connectivity index (χ2v) is 8.79. The first-order valence-electron chi connectivity index (χ1n) is 10.2. The molecule has 0 unspecified atom stereocenters. The van der Waals surface area contributed by atoms with Crippen LogP contribution in [0.5, 0.6) is 5.75 Å². The van der Waals surface area contributed by atoms with E-state index >= 15 is 0 Å². The normalized spacial score (nSPS) is 19.5. The van der Waals surface area contributed by atoms with Crippen molar-refractivity contribution in [1.29, 1.82) is 0 Å². The molecule has 2 aliphatic heterocycles. The average molecular weight is 445 g/mol. The minimum Gasteiger partial charge on any atom is -0.464 e. The molecule has 0 fully saturated rings. The zero-order chi connectivity index (χ0) is 20.9. The first-order chi connectivity index (χ1) is 15.2. The Bertz CT molecular complexity index is 1350. The van der Waals surface area contributed by atoms with Gasteiger partial charge in [-0.3, -0.25) is 0 Å². The summed E-state index contributed by atoms with van der Waals surface area (Å²) in [5.41, 5.74) is 4.20. The van der Waals surface area contributed by atoms with Crippen LogP contribution in [-0.2, 0) is 0 Å². The highest BCUT2D eigenvalue weighted by atomic mass is 35.5. The van der Waals surface area contributed by atoms with E-state index in [2.05, 4.69) is 47.5 Å². The molecule has 0 saturated carbocycles. The smallest absolute Gasteiger partial charge is 0.213 e. The van der Waals surface area contributed by atoms with Crippen LogP contribution in [0.1, 0.15) is 35.4 Å². The molecular formula is C26H18Cl2N2O. The molecule has 0 amide bonds. The Hall–Kier alpha value is -3.01. The SMILES string of the molecule is Clc1cccc([C@H]2Oc3ccc(Cl)cc3[C@@H]3CC(c4ccc5ccccc5c4)=NN23)c1. The summed E-state index contributed by atoms with van der Waals surface area (Å²) >= 11 is 12.6. The standard InChI is InChI=1S/C26H18Cl2N2O/c27-20-7-3-6-19(13-20)26-30-24(22-14-21(28)10-11-25(22)31-26)15-23(29-30)18-9-8-16-4-1-2-5-17(16)12-18/h1-14,24,26H,15H2/t24-,26+/m0/s1. The van der Waals surface area contributed by atoms with E-state index < -0.39 is 0 Å². The van der Waals surface area contributed by atoms with E-state index in [-0.39, 0.29) is 12.3 Å². The number of rotatable bonds is 2. The molecule has 4 aromatic carbocycles. The molecule has 6 rings (SSSR count). The van der Waals surface area contributed by atoms with E-state index in [9.17, 15) is 0 Å². The molecule has 2 atom stereocenters. The lowest BCUT2D eigenvalue weighted by molar-refractivity contribution is -0.0190. The van der Waals surface area contributed by atoms with Gasteiger partial charge in [0.2, 0.25) is 6.23 Å². The summed E-state index contributed by atoms with van der Waals surface area (Å²) in [5.74, 6) is 0.839. The van der Waals surface area contributed by atoms with Gasteiger partial charge in [0.05, 0.1) is 11.8 Å². The first kappa shape index (κ1) is 18.7. The fraction of sp³-hybridized carbons (Fsp3) is 0.115. The molecule has 0 bridgehead atoms. The molecule has 31 heavy (non-hydrogen) atoms. The molecule has 2 heterocycles. The van der Waals surface area contributed by atoms with Crippen LogP contribution in [0.4, 0.5) is 0 Å². The molecular weight excluding hydrogens is 427 g/mol.